The van der Waals surface area contributed by atoms with Crippen LogP contribution in [-0.2, 0) is 14.0 Å². The number of fused-ring (bicyclic) bond motifs is 3. The Hall–Kier alpha value is -1.82. The summed E-state index contributed by atoms with van der Waals surface area (Å²) in [5.74, 6) is 1.15. The molecule has 1 aromatic carbocycles. The second-order valence-corrected chi connectivity index (χ2v) is 20.1. The van der Waals surface area contributed by atoms with E-state index in [2.05, 4.69) is 77.7 Å². The molecule has 40 heavy (non-hydrogen) atoms. The third kappa shape index (κ3) is 3.97. The summed E-state index contributed by atoms with van der Waals surface area (Å²) in [5, 5.41) is 2.48. The van der Waals surface area contributed by atoms with Crippen molar-refractivity contribution in [3.05, 3.63) is 53.9 Å². The van der Waals surface area contributed by atoms with Crippen molar-refractivity contribution < 1.29 is 14.0 Å². The molecule has 2 aliphatic heterocycles. The molecule has 0 amide bonds. The normalized spacial score (nSPS) is 33.6. The summed E-state index contributed by atoms with van der Waals surface area (Å²) in [6.45, 7) is 17.1. The van der Waals surface area contributed by atoms with E-state index in [9.17, 15) is 4.79 Å². The van der Waals surface area contributed by atoms with Crippen LogP contribution in [0.1, 0.15) is 105 Å². The van der Waals surface area contributed by atoms with E-state index in [-0.39, 0.29) is 16.8 Å². The molecular weight excluding hydrogens is 510 g/mol. The first-order valence-corrected chi connectivity index (χ1v) is 18.1. The summed E-state index contributed by atoms with van der Waals surface area (Å²) >= 11 is 0. The molecule has 216 valence electrons. The van der Waals surface area contributed by atoms with Gasteiger partial charge in [-0.2, -0.15) is 0 Å². The second kappa shape index (κ2) is 9.88. The van der Waals surface area contributed by atoms with Gasteiger partial charge < -0.3 is 9.16 Å². The van der Waals surface area contributed by atoms with E-state index in [0.29, 0.717) is 41.5 Å². The van der Waals surface area contributed by atoms with Crippen molar-refractivity contribution in [2.45, 2.75) is 127 Å². The topological polar surface area (TPSA) is 48.4 Å². The lowest BCUT2D eigenvalue weighted by molar-refractivity contribution is -0.171. The van der Waals surface area contributed by atoms with Crippen LogP contribution in [0.5, 0.6) is 0 Å². The van der Waals surface area contributed by atoms with Crippen LogP contribution in [-0.4, -0.2) is 36.9 Å². The first kappa shape index (κ1) is 28.3. The Morgan fingerprint density at radius 1 is 1.00 bits per heavy atom. The molecule has 4 aliphatic rings. The maximum absolute atomic E-state index is 13.7. The fourth-order valence-corrected chi connectivity index (χ4v) is 15.7. The number of rotatable bonds is 8. The Balaban J connectivity index is 1.26. The summed E-state index contributed by atoms with van der Waals surface area (Å²) in [4.78, 5) is 18.1. The van der Waals surface area contributed by atoms with E-state index < -0.39 is 13.9 Å². The summed E-state index contributed by atoms with van der Waals surface area (Å²) in [6, 6.07) is 9.08. The average Bonchev–Trinajstić information content (AvgIpc) is 3.45. The largest absolute Gasteiger partial charge is 0.416 e. The van der Waals surface area contributed by atoms with E-state index >= 15 is 0 Å². The van der Waals surface area contributed by atoms with Gasteiger partial charge in [-0.05, 0) is 107 Å². The van der Waals surface area contributed by atoms with Crippen LogP contribution in [0.3, 0.4) is 0 Å². The van der Waals surface area contributed by atoms with Crippen molar-refractivity contribution in [1.29, 1.82) is 0 Å². The SMILES string of the molecule is CC(C)[Si](OCC[C@@]12CC[C@@]3(O1)C(=CC2=O)CC[C@]1(C)[C@@H](c2ccc4ccncc4c2)CC[C@H]13)(C(C)C)C(C)C. The van der Waals surface area contributed by atoms with E-state index in [1.807, 2.05) is 18.5 Å². The van der Waals surface area contributed by atoms with Crippen LogP contribution in [0.15, 0.2) is 48.3 Å². The molecule has 3 heterocycles. The molecule has 1 saturated heterocycles. The average molecular weight is 560 g/mol. The zero-order chi connectivity index (χ0) is 28.5. The maximum Gasteiger partial charge on any atom is 0.200 e. The molecule has 0 radical (unpaired) electrons. The van der Waals surface area contributed by atoms with Crippen molar-refractivity contribution >= 4 is 24.9 Å². The Morgan fingerprint density at radius 2 is 1.75 bits per heavy atom. The number of ether oxygens (including phenoxy) is 1. The third-order valence-corrected chi connectivity index (χ3v) is 18.2. The van der Waals surface area contributed by atoms with Crippen LogP contribution >= 0.6 is 0 Å². The molecule has 0 N–H and O–H groups in total. The number of hydrogen-bond acceptors (Lipinski definition) is 4. The van der Waals surface area contributed by atoms with E-state index in [4.69, 9.17) is 9.16 Å². The van der Waals surface area contributed by atoms with Crippen LogP contribution in [0.25, 0.3) is 10.8 Å². The number of aromatic nitrogens is 1. The van der Waals surface area contributed by atoms with Crippen LogP contribution < -0.4 is 0 Å². The van der Waals surface area contributed by atoms with E-state index in [1.165, 1.54) is 28.3 Å². The highest BCUT2D eigenvalue weighted by molar-refractivity contribution is 6.77. The summed E-state index contributed by atoms with van der Waals surface area (Å²) in [6.07, 6.45) is 12.8. The molecule has 2 bridgehead atoms. The molecule has 3 fully saturated rings. The molecule has 5 atom stereocenters. The minimum Gasteiger partial charge on any atom is -0.416 e. The zero-order valence-electron chi connectivity index (χ0n) is 25.8. The van der Waals surface area contributed by atoms with Gasteiger partial charge in [0.1, 0.15) is 5.60 Å². The van der Waals surface area contributed by atoms with Gasteiger partial charge in [0.2, 0.25) is 0 Å². The van der Waals surface area contributed by atoms with Crippen molar-refractivity contribution in [1.82, 2.24) is 4.98 Å². The predicted octanol–water partition coefficient (Wildman–Crippen LogP) is 8.91. The molecular formula is C35H49NO3Si. The Labute approximate surface area is 242 Å². The van der Waals surface area contributed by atoms with Crippen molar-refractivity contribution in [2.75, 3.05) is 6.61 Å². The van der Waals surface area contributed by atoms with Crippen molar-refractivity contribution in [3.63, 3.8) is 0 Å². The molecule has 2 saturated carbocycles. The molecule has 2 aliphatic carbocycles. The molecule has 0 unspecified atom stereocenters. The lowest BCUT2D eigenvalue weighted by Gasteiger charge is -2.54. The number of nitrogens with zero attached hydrogens (tertiary/aromatic N) is 1. The maximum atomic E-state index is 13.7. The van der Waals surface area contributed by atoms with E-state index in [1.54, 1.807) is 0 Å². The first-order chi connectivity index (χ1) is 19.0. The molecule has 2 aromatic rings. The fourth-order valence-electron chi connectivity index (χ4n) is 10.2. The second-order valence-electron chi connectivity index (χ2n) is 14.6. The van der Waals surface area contributed by atoms with Crippen molar-refractivity contribution in [3.8, 4) is 0 Å². The molecule has 4 nitrogen and oxygen atoms in total. The monoisotopic (exact) mass is 559 g/mol. The van der Waals surface area contributed by atoms with Crippen molar-refractivity contribution in [2.24, 2.45) is 11.3 Å². The number of carbonyl (C=O) groups is 1. The molecule has 1 spiro atoms. The van der Waals surface area contributed by atoms with Gasteiger partial charge in [0.05, 0.1) is 5.60 Å². The molecule has 5 heteroatoms. The smallest absolute Gasteiger partial charge is 0.200 e. The zero-order valence-corrected chi connectivity index (χ0v) is 26.8. The van der Waals surface area contributed by atoms with Gasteiger partial charge in [0, 0.05) is 30.8 Å². The standard InChI is InChI=1S/C35H49NO3Si/c1-23(2)40(24(3)4,25(5)6)38-19-17-34-15-16-35(39-34)29(21-32(34)37)12-14-33(7)30(10-11-31(33)35)27-9-8-26-13-18-36-22-28(26)20-27/h8-9,13,18,20-25,30-31H,10-12,14-17,19H2,1-7H3/t30-,31-,33-,34-,35-/m1/s1. The van der Waals surface area contributed by atoms with Gasteiger partial charge in [-0.1, -0.05) is 60.6 Å². The van der Waals surface area contributed by atoms with Gasteiger partial charge in [0.15, 0.2) is 14.1 Å². The van der Waals surface area contributed by atoms with Crippen LogP contribution in [0, 0.1) is 11.3 Å². The van der Waals surface area contributed by atoms with E-state index in [0.717, 1.165) is 32.1 Å². The van der Waals surface area contributed by atoms with Crippen LogP contribution in [0.2, 0.25) is 16.6 Å². The lowest BCUT2D eigenvalue weighted by Crippen LogP contribution is -2.56. The Bertz CT molecular complexity index is 1310. The lowest BCUT2D eigenvalue weighted by atomic mass is 9.56. The first-order valence-electron chi connectivity index (χ1n) is 15.9. The number of carbonyl (C=O) groups excluding carboxylic acids is 1. The Morgan fingerprint density at radius 3 is 2.48 bits per heavy atom. The number of hydrogen-bond donors (Lipinski definition) is 0. The minimum atomic E-state index is -1.99. The van der Waals surface area contributed by atoms with Gasteiger partial charge in [-0.3, -0.25) is 9.78 Å². The number of ketones is 1. The minimum absolute atomic E-state index is 0.162. The highest BCUT2D eigenvalue weighted by Crippen LogP contribution is 2.68. The van der Waals surface area contributed by atoms with Gasteiger partial charge in [0.25, 0.3) is 0 Å². The summed E-state index contributed by atoms with van der Waals surface area (Å²) in [7, 11) is -1.99. The molecule has 6 rings (SSSR count). The summed E-state index contributed by atoms with van der Waals surface area (Å²) < 4.78 is 14.2. The predicted molar refractivity (Wildman–Crippen MR) is 165 cm³/mol. The number of benzene rings is 1. The Kier molecular flexibility index (Phi) is 6.99. The van der Waals surface area contributed by atoms with Gasteiger partial charge in [-0.15, -0.1) is 0 Å². The van der Waals surface area contributed by atoms with Crippen LogP contribution in [0.4, 0.5) is 0 Å². The quantitative estimate of drug-likeness (QED) is 0.303. The highest BCUT2D eigenvalue weighted by Gasteiger charge is 2.67. The number of pyridine rings is 1. The highest BCUT2D eigenvalue weighted by atomic mass is 28.4. The van der Waals surface area contributed by atoms with Gasteiger partial charge >= 0.3 is 0 Å². The third-order valence-electron chi connectivity index (χ3n) is 12.0. The summed E-state index contributed by atoms with van der Waals surface area (Å²) in [5.41, 5.74) is 3.51. The van der Waals surface area contributed by atoms with Gasteiger partial charge in [-0.25, -0.2) is 0 Å². The molecule has 1 aromatic heterocycles. The fraction of sp³-hybridized carbons (Fsp3) is 0.657.